The molecule has 0 aromatic heterocycles. The van der Waals surface area contributed by atoms with Crippen LogP contribution in [0.4, 0.5) is 4.79 Å². The SMILES string of the molecule is CC.CC(C)(C)OC(=O)N1C2CCC(C2)C1C(=O)CCCCCc1ccccc1. The summed E-state index contributed by atoms with van der Waals surface area (Å²) in [6.07, 6.45) is 7.41. The molecule has 1 aromatic carbocycles. The fraction of sp³-hybridized carbons (Fsp3) is 0.680. The number of carbonyl (C=O) groups excluding carboxylic acids is 2. The normalized spacial score (nSPS) is 22.8. The summed E-state index contributed by atoms with van der Waals surface area (Å²) in [5.74, 6) is 0.562. The predicted molar refractivity (Wildman–Crippen MR) is 118 cm³/mol. The summed E-state index contributed by atoms with van der Waals surface area (Å²) in [6.45, 7) is 9.63. The standard InChI is InChI=1S/C23H33NO3.C2H6/c1-23(2,3)27-22(26)24-19-15-14-18(16-19)21(24)20(25)13-9-5-8-12-17-10-6-4-7-11-17;1-2/h4,6-7,10-11,18-19,21H,5,8-9,12-16H2,1-3H3;1-2H3. The van der Waals surface area contributed by atoms with Gasteiger partial charge in [0.25, 0.3) is 0 Å². The first-order valence-electron chi connectivity index (χ1n) is 11.4. The third-order valence-electron chi connectivity index (χ3n) is 5.75. The Labute approximate surface area is 177 Å². The van der Waals surface area contributed by atoms with Crippen LogP contribution in [-0.4, -0.2) is 34.5 Å². The van der Waals surface area contributed by atoms with Gasteiger partial charge in [-0.3, -0.25) is 9.69 Å². The van der Waals surface area contributed by atoms with E-state index in [0.717, 1.165) is 44.9 Å². The van der Waals surface area contributed by atoms with Crippen LogP contribution in [0.15, 0.2) is 30.3 Å². The topological polar surface area (TPSA) is 46.6 Å². The summed E-state index contributed by atoms with van der Waals surface area (Å²) >= 11 is 0. The van der Waals surface area contributed by atoms with Gasteiger partial charge in [0.1, 0.15) is 5.60 Å². The van der Waals surface area contributed by atoms with Gasteiger partial charge in [0, 0.05) is 12.5 Å². The molecule has 0 N–H and O–H groups in total. The van der Waals surface area contributed by atoms with Crippen molar-refractivity contribution in [3.05, 3.63) is 35.9 Å². The lowest BCUT2D eigenvalue weighted by molar-refractivity contribution is -0.125. The largest absolute Gasteiger partial charge is 0.444 e. The minimum Gasteiger partial charge on any atom is -0.444 e. The molecule has 1 heterocycles. The van der Waals surface area contributed by atoms with Gasteiger partial charge >= 0.3 is 6.09 Å². The van der Waals surface area contributed by atoms with E-state index in [2.05, 4.69) is 24.3 Å². The number of rotatable bonds is 7. The molecule has 1 aromatic rings. The van der Waals surface area contributed by atoms with Crippen LogP contribution >= 0.6 is 0 Å². The van der Waals surface area contributed by atoms with Crippen LogP contribution in [0, 0.1) is 5.92 Å². The van der Waals surface area contributed by atoms with Gasteiger partial charge in [-0.15, -0.1) is 0 Å². The number of ketones is 1. The van der Waals surface area contributed by atoms with Crippen molar-refractivity contribution < 1.29 is 14.3 Å². The second kappa shape index (κ2) is 10.8. The smallest absolute Gasteiger partial charge is 0.411 e. The Morgan fingerprint density at radius 2 is 1.72 bits per heavy atom. The summed E-state index contributed by atoms with van der Waals surface area (Å²) in [6, 6.07) is 10.4. The van der Waals surface area contributed by atoms with E-state index >= 15 is 0 Å². The van der Waals surface area contributed by atoms with Crippen LogP contribution in [0.2, 0.25) is 0 Å². The summed E-state index contributed by atoms with van der Waals surface area (Å²) < 4.78 is 5.58. The molecule has 162 valence electrons. The molecular weight excluding hydrogens is 362 g/mol. The van der Waals surface area contributed by atoms with Crippen LogP contribution < -0.4 is 0 Å². The molecule has 1 saturated carbocycles. The fourth-order valence-electron chi connectivity index (χ4n) is 4.58. The molecule has 1 saturated heterocycles. The van der Waals surface area contributed by atoms with Gasteiger partial charge in [0.2, 0.25) is 0 Å². The van der Waals surface area contributed by atoms with Crippen LogP contribution in [0.3, 0.4) is 0 Å². The van der Waals surface area contributed by atoms with Crippen molar-refractivity contribution in [2.75, 3.05) is 0 Å². The van der Waals surface area contributed by atoms with Gasteiger partial charge in [-0.1, -0.05) is 50.6 Å². The third-order valence-corrected chi connectivity index (χ3v) is 5.75. The molecule has 2 bridgehead atoms. The first-order chi connectivity index (χ1) is 13.8. The van der Waals surface area contributed by atoms with Gasteiger partial charge < -0.3 is 4.74 Å². The van der Waals surface area contributed by atoms with Crippen molar-refractivity contribution in [2.24, 2.45) is 5.92 Å². The van der Waals surface area contributed by atoms with E-state index in [-0.39, 0.29) is 24.0 Å². The van der Waals surface area contributed by atoms with Crippen molar-refractivity contribution in [1.82, 2.24) is 4.90 Å². The maximum Gasteiger partial charge on any atom is 0.411 e. The highest BCUT2D eigenvalue weighted by Gasteiger charge is 2.51. The van der Waals surface area contributed by atoms with Gasteiger partial charge in [0.05, 0.1) is 6.04 Å². The zero-order chi connectivity index (χ0) is 21.4. The molecule has 1 amide bonds. The predicted octanol–water partition coefficient (Wildman–Crippen LogP) is 6.17. The molecule has 1 aliphatic heterocycles. The number of nitrogens with zero attached hydrogens (tertiary/aromatic N) is 1. The Kier molecular flexibility index (Phi) is 8.73. The summed E-state index contributed by atoms with van der Waals surface area (Å²) in [5.41, 5.74) is 0.831. The van der Waals surface area contributed by atoms with Gasteiger partial charge in [-0.05, 0) is 70.8 Å². The van der Waals surface area contributed by atoms with E-state index in [1.54, 1.807) is 4.90 Å². The molecule has 0 spiro atoms. The lowest BCUT2D eigenvalue weighted by atomic mass is 9.92. The minimum atomic E-state index is -0.524. The van der Waals surface area contributed by atoms with E-state index in [1.165, 1.54) is 5.56 Å². The van der Waals surface area contributed by atoms with Gasteiger partial charge in [0.15, 0.2) is 5.78 Å². The zero-order valence-electron chi connectivity index (χ0n) is 18.9. The fourth-order valence-corrected chi connectivity index (χ4v) is 4.58. The summed E-state index contributed by atoms with van der Waals surface area (Å²) in [4.78, 5) is 27.3. The number of Topliss-reactive ketones (excluding diaryl/α,β-unsaturated/α-hetero) is 1. The highest BCUT2D eigenvalue weighted by atomic mass is 16.6. The van der Waals surface area contributed by atoms with Crippen LogP contribution in [-0.2, 0) is 16.0 Å². The maximum absolute atomic E-state index is 12.9. The molecular formula is C25H39NO3. The summed E-state index contributed by atoms with van der Waals surface area (Å²) in [7, 11) is 0. The third kappa shape index (κ3) is 6.58. The van der Waals surface area contributed by atoms with E-state index in [9.17, 15) is 9.59 Å². The van der Waals surface area contributed by atoms with Crippen molar-refractivity contribution in [3.63, 3.8) is 0 Å². The first kappa shape index (κ1) is 23.4. The second-order valence-corrected chi connectivity index (χ2v) is 9.07. The highest BCUT2D eigenvalue weighted by molar-refractivity contribution is 5.88. The van der Waals surface area contributed by atoms with Gasteiger partial charge in [-0.25, -0.2) is 4.79 Å². The van der Waals surface area contributed by atoms with E-state index < -0.39 is 5.60 Å². The molecule has 0 radical (unpaired) electrons. The molecule has 4 heteroatoms. The van der Waals surface area contributed by atoms with Crippen molar-refractivity contribution >= 4 is 11.9 Å². The van der Waals surface area contributed by atoms with Crippen molar-refractivity contribution in [2.45, 2.75) is 104 Å². The van der Waals surface area contributed by atoms with Gasteiger partial charge in [-0.2, -0.15) is 0 Å². The number of fused-ring (bicyclic) bond motifs is 2. The number of hydrogen-bond acceptors (Lipinski definition) is 3. The summed E-state index contributed by atoms with van der Waals surface area (Å²) in [5, 5.41) is 0. The Morgan fingerprint density at radius 1 is 1.03 bits per heavy atom. The van der Waals surface area contributed by atoms with Crippen molar-refractivity contribution in [3.8, 4) is 0 Å². The average Bonchev–Trinajstić information content (AvgIpc) is 3.30. The number of carbonyl (C=O) groups is 2. The molecule has 29 heavy (non-hydrogen) atoms. The monoisotopic (exact) mass is 401 g/mol. The maximum atomic E-state index is 12.9. The minimum absolute atomic E-state index is 0.192. The Bertz CT molecular complexity index is 650. The molecule has 2 fully saturated rings. The highest BCUT2D eigenvalue weighted by Crippen LogP contribution is 2.43. The molecule has 2 aliphatic rings. The lowest BCUT2D eigenvalue weighted by Gasteiger charge is -2.35. The molecule has 4 nitrogen and oxygen atoms in total. The first-order valence-corrected chi connectivity index (χ1v) is 11.4. The average molecular weight is 402 g/mol. The number of likely N-dealkylation sites (tertiary alicyclic amines) is 1. The Balaban J connectivity index is 0.00000145. The second-order valence-electron chi connectivity index (χ2n) is 9.07. The van der Waals surface area contributed by atoms with Crippen LogP contribution in [0.25, 0.3) is 0 Å². The molecule has 3 atom stereocenters. The van der Waals surface area contributed by atoms with E-state index in [0.29, 0.717) is 12.3 Å². The quantitative estimate of drug-likeness (QED) is 0.513. The van der Waals surface area contributed by atoms with Crippen LogP contribution in [0.5, 0.6) is 0 Å². The number of amides is 1. The van der Waals surface area contributed by atoms with E-state index in [1.807, 2.05) is 40.7 Å². The number of hydrogen-bond donors (Lipinski definition) is 0. The Hall–Kier alpha value is -1.84. The molecule has 1 aliphatic carbocycles. The molecule has 3 rings (SSSR count). The van der Waals surface area contributed by atoms with Crippen molar-refractivity contribution in [1.29, 1.82) is 0 Å². The zero-order valence-corrected chi connectivity index (χ0v) is 18.9. The number of piperidine rings is 1. The van der Waals surface area contributed by atoms with Crippen LogP contribution in [0.1, 0.15) is 85.1 Å². The number of benzene rings is 1. The Morgan fingerprint density at radius 3 is 2.38 bits per heavy atom. The number of unbranched alkanes of at least 4 members (excludes halogenated alkanes) is 2. The van der Waals surface area contributed by atoms with E-state index in [4.69, 9.17) is 4.74 Å². The number of ether oxygens (including phenoxy) is 1. The number of aryl methyl sites for hydroxylation is 1. The lowest BCUT2D eigenvalue weighted by Crippen LogP contribution is -2.50. The molecule has 3 unspecified atom stereocenters.